The largest absolute Gasteiger partial charge is 0.309 e. The number of nitrogens with zero attached hydrogens (tertiary/aromatic N) is 3. The van der Waals surface area contributed by atoms with Crippen LogP contribution in [-0.2, 0) is 6.42 Å². The molecular formula is C62H43Br2I2N3. The van der Waals surface area contributed by atoms with Gasteiger partial charge in [-0.05, 0) is 165 Å². The molecule has 3 nitrogen and oxygen atoms in total. The van der Waals surface area contributed by atoms with Crippen molar-refractivity contribution in [1.29, 1.82) is 0 Å². The Morgan fingerprint density at radius 3 is 1.32 bits per heavy atom. The Bertz CT molecular complexity index is 4000. The molecule has 7 heteroatoms. The van der Waals surface area contributed by atoms with E-state index in [9.17, 15) is 0 Å². The van der Waals surface area contributed by atoms with Gasteiger partial charge in [-0.15, -0.1) is 0 Å². The standard InChI is InChI=1S/C30H19BrN2.C18H12IN.C13H9Br.CH3I/c31-20-14-16-29-25(18-20)23-10-4-7-13-28(23)33(29)22-15-17-30-26(19-22)24-11-5-6-12-27(24)32(30)21-8-2-1-3-9-21;19-13-10-11-18-16(12-13)15-8-4-5-9-17(15)20(18)14-6-2-1-3-7-14;14-11-6-5-10-7-9-3-1-2-4-12(9)13(10)8-11;1-2/h1-19H;1-12H;1-6,8H,7H2;1H3. The molecule has 14 rings (SSSR count). The minimum atomic E-state index is 1.08. The normalized spacial score (nSPS) is 11.5. The number of fused-ring (bicyclic) bond motifs is 12. The second-order valence-electron chi connectivity index (χ2n) is 16.9. The van der Waals surface area contributed by atoms with E-state index < -0.39 is 0 Å². The number of rotatable bonds is 3. The lowest BCUT2D eigenvalue weighted by atomic mass is 10.1. The number of hydrogen-bond acceptors (Lipinski definition) is 0. The Kier molecular flexibility index (Phi) is 13.0. The third-order valence-electron chi connectivity index (χ3n) is 13.0. The van der Waals surface area contributed by atoms with Crippen molar-refractivity contribution in [2.75, 3.05) is 4.93 Å². The molecule has 0 fully saturated rings. The van der Waals surface area contributed by atoms with E-state index in [1.54, 1.807) is 0 Å². The summed E-state index contributed by atoms with van der Waals surface area (Å²) in [4.78, 5) is 1.97. The molecule has 3 heterocycles. The molecule has 1 aliphatic carbocycles. The van der Waals surface area contributed by atoms with Crippen LogP contribution in [0.1, 0.15) is 11.1 Å². The fourth-order valence-corrected chi connectivity index (χ4v) is 11.3. The summed E-state index contributed by atoms with van der Waals surface area (Å²) in [7, 11) is 0. The van der Waals surface area contributed by atoms with E-state index in [0.29, 0.717) is 0 Å². The van der Waals surface area contributed by atoms with Crippen LogP contribution in [0.3, 0.4) is 0 Å². The highest BCUT2D eigenvalue weighted by Crippen LogP contribution is 2.40. The Labute approximate surface area is 445 Å². The first-order valence-electron chi connectivity index (χ1n) is 22.7. The lowest BCUT2D eigenvalue weighted by Crippen LogP contribution is -1.95. The van der Waals surface area contributed by atoms with Gasteiger partial charge in [0.15, 0.2) is 0 Å². The van der Waals surface area contributed by atoms with Crippen molar-refractivity contribution in [3.05, 3.63) is 254 Å². The first kappa shape index (κ1) is 45.5. The van der Waals surface area contributed by atoms with Crippen LogP contribution in [0.5, 0.6) is 0 Å². The third-order valence-corrected chi connectivity index (χ3v) is 14.6. The van der Waals surface area contributed by atoms with Gasteiger partial charge in [0.25, 0.3) is 0 Å². The average Bonchev–Trinajstić information content (AvgIpc) is 4.14. The van der Waals surface area contributed by atoms with Crippen molar-refractivity contribution >= 4 is 142 Å². The summed E-state index contributed by atoms with van der Waals surface area (Å²) in [6, 6.07) is 82.3. The number of benzene rings is 10. The fraction of sp³-hybridized carbons (Fsp3) is 0.0323. The van der Waals surface area contributed by atoms with E-state index >= 15 is 0 Å². The average molecular weight is 1240 g/mol. The van der Waals surface area contributed by atoms with Crippen molar-refractivity contribution < 1.29 is 0 Å². The number of hydrogen-bond donors (Lipinski definition) is 0. The molecular weight excluding hydrogens is 1200 g/mol. The summed E-state index contributed by atoms with van der Waals surface area (Å²) < 4.78 is 10.6. The molecule has 10 aromatic carbocycles. The first-order chi connectivity index (χ1) is 34.0. The molecule has 0 radical (unpaired) electrons. The van der Waals surface area contributed by atoms with E-state index in [2.05, 4.69) is 321 Å². The predicted molar refractivity (Wildman–Crippen MR) is 319 cm³/mol. The van der Waals surface area contributed by atoms with Gasteiger partial charge in [-0.2, -0.15) is 0 Å². The van der Waals surface area contributed by atoms with Crippen LogP contribution in [0.2, 0.25) is 0 Å². The lowest BCUT2D eigenvalue weighted by molar-refractivity contribution is 1.16. The second kappa shape index (κ2) is 19.8. The van der Waals surface area contributed by atoms with Gasteiger partial charge in [-0.25, -0.2) is 0 Å². The summed E-state index contributed by atoms with van der Waals surface area (Å²) in [6.07, 6.45) is 1.08. The molecule has 334 valence electrons. The van der Waals surface area contributed by atoms with Crippen molar-refractivity contribution in [3.63, 3.8) is 0 Å². The first-order valence-corrected chi connectivity index (χ1v) is 27.6. The smallest absolute Gasteiger partial charge is 0.0542 e. The molecule has 0 unspecified atom stereocenters. The van der Waals surface area contributed by atoms with Crippen molar-refractivity contribution in [2.24, 2.45) is 0 Å². The Balaban J connectivity index is 0.000000122. The van der Waals surface area contributed by atoms with Gasteiger partial charge in [0, 0.05) is 61.9 Å². The van der Waals surface area contributed by atoms with Crippen LogP contribution in [0.4, 0.5) is 0 Å². The SMILES string of the molecule is Brc1ccc2c(c1)-c1ccccc1C2.Brc1ccc2c(c1)c1ccccc1n2-c1ccc2c(c1)c1ccccc1n2-c1ccccc1.CI.Ic1ccc2c(c1)c1ccccc1n2-c1ccccc1. The van der Waals surface area contributed by atoms with E-state index in [1.165, 1.54) is 108 Å². The maximum Gasteiger partial charge on any atom is 0.0542 e. The number of halogens is 4. The quantitative estimate of drug-likeness (QED) is 0.124. The van der Waals surface area contributed by atoms with Crippen LogP contribution >= 0.6 is 77.0 Å². The van der Waals surface area contributed by atoms with Gasteiger partial charge in [-0.1, -0.05) is 176 Å². The molecule has 13 aromatic rings. The highest BCUT2D eigenvalue weighted by molar-refractivity contribution is 14.1. The van der Waals surface area contributed by atoms with Gasteiger partial charge < -0.3 is 13.7 Å². The summed E-state index contributed by atoms with van der Waals surface area (Å²) in [5.74, 6) is 0. The number of para-hydroxylation sites is 5. The van der Waals surface area contributed by atoms with Crippen LogP contribution in [0.15, 0.2) is 239 Å². The summed E-state index contributed by atoms with van der Waals surface area (Å²) in [5, 5.41) is 7.67. The van der Waals surface area contributed by atoms with Crippen LogP contribution in [0, 0.1) is 3.57 Å². The minimum absolute atomic E-state index is 1.08. The molecule has 0 spiro atoms. The van der Waals surface area contributed by atoms with Gasteiger partial charge >= 0.3 is 0 Å². The van der Waals surface area contributed by atoms with Gasteiger partial charge in [0.1, 0.15) is 0 Å². The molecule has 0 N–H and O–H groups in total. The second-order valence-corrected chi connectivity index (χ2v) is 20.0. The highest BCUT2D eigenvalue weighted by Gasteiger charge is 2.19. The topological polar surface area (TPSA) is 14.8 Å². The molecule has 3 aromatic heterocycles. The predicted octanol–water partition coefficient (Wildman–Crippen LogP) is 19.1. The Morgan fingerprint density at radius 1 is 0.319 bits per heavy atom. The molecule has 0 saturated heterocycles. The third kappa shape index (κ3) is 8.51. The molecule has 0 saturated carbocycles. The lowest BCUT2D eigenvalue weighted by Gasteiger charge is -2.10. The molecule has 0 aliphatic heterocycles. The summed E-state index contributed by atoms with van der Waals surface area (Å²) in [6.45, 7) is 0. The monoisotopic (exact) mass is 1240 g/mol. The molecule has 0 atom stereocenters. The zero-order valence-corrected chi connectivity index (χ0v) is 45.0. The summed E-state index contributed by atoms with van der Waals surface area (Å²) >= 11 is 11.7. The number of aromatic nitrogens is 3. The highest BCUT2D eigenvalue weighted by atomic mass is 127. The molecule has 69 heavy (non-hydrogen) atoms. The molecule has 0 bridgehead atoms. The van der Waals surface area contributed by atoms with E-state index in [0.717, 1.165) is 15.4 Å². The van der Waals surface area contributed by atoms with E-state index in [4.69, 9.17) is 0 Å². The maximum absolute atomic E-state index is 3.66. The molecule has 1 aliphatic rings. The van der Waals surface area contributed by atoms with Crippen molar-refractivity contribution in [3.8, 4) is 28.2 Å². The van der Waals surface area contributed by atoms with Gasteiger partial charge in [0.2, 0.25) is 0 Å². The van der Waals surface area contributed by atoms with Gasteiger partial charge in [-0.3, -0.25) is 0 Å². The number of alkyl halides is 1. The maximum atomic E-state index is 3.66. The minimum Gasteiger partial charge on any atom is -0.309 e. The van der Waals surface area contributed by atoms with Crippen molar-refractivity contribution in [2.45, 2.75) is 6.42 Å². The van der Waals surface area contributed by atoms with E-state index in [1.807, 2.05) is 4.93 Å². The van der Waals surface area contributed by atoms with Crippen LogP contribution in [-0.4, -0.2) is 18.6 Å². The van der Waals surface area contributed by atoms with E-state index in [-0.39, 0.29) is 0 Å². The van der Waals surface area contributed by atoms with Crippen molar-refractivity contribution in [1.82, 2.24) is 13.7 Å². The zero-order chi connectivity index (χ0) is 47.0. The zero-order valence-electron chi connectivity index (χ0n) is 37.5. The fourth-order valence-electron chi connectivity index (χ4n) is 10.1. The summed E-state index contributed by atoms with van der Waals surface area (Å²) in [5.41, 5.74) is 16.6. The molecule has 0 amide bonds. The Hall–Kier alpha value is -5.98. The Morgan fingerprint density at radius 2 is 0.725 bits per heavy atom. The van der Waals surface area contributed by atoms with Crippen LogP contribution < -0.4 is 0 Å². The van der Waals surface area contributed by atoms with Crippen LogP contribution in [0.25, 0.3) is 93.6 Å². The van der Waals surface area contributed by atoms with Gasteiger partial charge in [0.05, 0.1) is 33.1 Å².